The second-order valence-electron chi connectivity index (χ2n) is 4.17. The second kappa shape index (κ2) is 3.73. The Bertz CT molecular complexity index is 280. The van der Waals surface area contributed by atoms with Gasteiger partial charge in [0.2, 0.25) is 0 Å². The van der Waals surface area contributed by atoms with Gasteiger partial charge in [-0.2, -0.15) is 0 Å². The molecule has 0 radical (unpaired) electrons. The van der Waals surface area contributed by atoms with E-state index in [4.69, 9.17) is 4.74 Å². The van der Waals surface area contributed by atoms with Gasteiger partial charge >= 0.3 is 5.97 Å². The fourth-order valence-electron chi connectivity index (χ4n) is 2.40. The standard InChI is InChI=1S/C11H16O3/c1-2-7-3-8(5-12)9(4-7)10-6-14-11(10)13/h7-8,12H,2-6H2,1H3. The normalized spacial score (nSPS) is 36.9. The molecule has 3 nitrogen and oxygen atoms in total. The van der Waals surface area contributed by atoms with E-state index >= 15 is 0 Å². The topological polar surface area (TPSA) is 46.5 Å². The van der Waals surface area contributed by atoms with E-state index in [0.29, 0.717) is 12.5 Å². The molecule has 1 aliphatic carbocycles. The molecule has 14 heavy (non-hydrogen) atoms. The predicted molar refractivity (Wildman–Crippen MR) is 51.6 cm³/mol. The molecule has 2 atom stereocenters. The van der Waals surface area contributed by atoms with Crippen LogP contribution < -0.4 is 0 Å². The Morgan fingerprint density at radius 1 is 1.57 bits per heavy atom. The molecular formula is C11H16O3. The Labute approximate surface area is 83.8 Å². The first-order chi connectivity index (χ1) is 6.76. The Balaban J connectivity index is 2.18. The molecule has 1 heterocycles. The molecule has 1 N–H and O–H groups in total. The van der Waals surface area contributed by atoms with Gasteiger partial charge in [0.25, 0.3) is 0 Å². The van der Waals surface area contributed by atoms with Gasteiger partial charge in [0, 0.05) is 12.5 Å². The summed E-state index contributed by atoms with van der Waals surface area (Å²) in [7, 11) is 0. The summed E-state index contributed by atoms with van der Waals surface area (Å²) in [6.45, 7) is 2.79. The molecule has 78 valence electrons. The van der Waals surface area contributed by atoms with Crippen LogP contribution in [0.5, 0.6) is 0 Å². The van der Waals surface area contributed by atoms with Crippen molar-refractivity contribution in [2.75, 3.05) is 13.2 Å². The lowest BCUT2D eigenvalue weighted by Gasteiger charge is -2.21. The van der Waals surface area contributed by atoms with Crippen molar-refractivity contribution in [1.29, 1.82) is 0 Å². The molecule has 2 unspecified atom stereocenters. The van der Waals surface area contributed by atoms with Crippen molar-refractivity contribution in [3.63, 3.8) is 0 Å². The van der Waals surface area contributed by atoms with Gasteiger partial charge in [-0.25, -0.2) is 4.79 Å². The number of hydrogen-bond donors (Lipinski definition) is 1. The van der Waals surface area contributed by atoms with E-state index in [0.717, 1.165) is 30.4 Å². The van der Waals surface area contributed by atoms with Crippen LogP contribution in [-0.2, 0) is 9.53 Å². The van der Waals surface area contributed by atoms with Crippen molar-refractivity contribution in [2.45, 2.75) is 26.2 Å². The third-order valence-corrected chi connectivity index (χ3v) is 3.40. The lowest BCUT2D eigenvalue weighted by molar-refractivity contribution is -0.147. The molecule has 0 aromatic heterocycles. The maximum Gasteiger partial charge on any atom is 0.337 e. The number of ether oxygens (including phenoxy) is 1. The highest BCUT2D eigenvalue weighted by molar-refractivity contribution is 5.95. The van der Waals surface area contributed by atoms with Crippen molar-refractivity contribution in [3.05, 3.63) is 11.1 Å². The van der Waals surface area contributed by atoms with Crippen molar-refractivity contribution in [3.8, 4) is 0 Å². The van der Waals surface area contributed by atoms with Crippen LogP contribution >= 0.6 is 0 Å². The van der Waals surface area contributed by atoms with Gasteiger partial charge in [0.1, 0.15) is 6.61 Å². The van der Waals surface area contributed by atoms with Crippen LogP contribution in [0.1, 0.15) is 26.2 Å². The molecule has 0 bridgehead atoms. The summed E-state index contributed by atoms with van der Waals surface area (Å²) in [5.74, 6) is 0.682. The summed E-state index contributed by atoms with van der Waals surface area (Å²) in [4.78, 5) is 11.1. The predicted octanol–water partition coefficient (Wildman–Crippen LogP) is 1.27. The summed E-state index contributed by atoms with van der Waals surface area (Å²) in [6.07, 6.45) is 3.13. The van der Waals surface area contributed by atoms with Gasteiger partial charge < -0.3 is 9.84 Å². The molecule has 0 spiro atoms. The number of aliphatic hydroxyl groups is 1. The molecule has 3 heteroatoms. The minimum absolute atomic E-state index is 0.169. The molecule has 2 aliphatic rings. The number of cyclic esters (lactones) is 1. The number of aliphatic hydroxyl groups excluding tert-OH is 1. The Morgan fingerprint density at radius 2 is 2.36 bits per heavy atom. The molecule has 1 aliphatic heterocycles. The smallest absolute Gasteiger partial charge is 0.337 e. The lowest BCUT2D eigenvalue weighted by Crippen LogP contribution is -2.27. The van der Waals surface area contributed by atoms with Crippen LogP contribution in [0.3, 0.4) is 0 Å². The largest absolute Gasteiger partial charge is 0.457 e. The summed E-state index contributed by atoms with van der Waals surface area (Å²) in [6, 6.07) is 0. The van der Waals surface area contributed by atoms with E-state index in [9.17, 15) is 9.90 Å². The van der Waals surface area contributed by atoms with Gasteiger partial charge in [-0.1, -0.05) is 18.9 Å². The van der Waals surface area contributed by atoms with Crippen LogP contribution in [0.4, 0.5) is 0 Å². The lowest BCUT2D eigenvalue weighted by atomic mass is 9.96. The highest BCUT2D eigenvalue weighted by atomic mass is 16.6. The molecule has 0 amide bonds. The second-order valence-corrected chi connectivity index (χ2v) is 4.17. The zero-order valence-electron chi connectivity index (χ0n) is 8.45. The van der Waals surface area contributed by atoms with E-state index in [1.54, 1.807) is 0 Å². The number of hydrogen-bond acceptors (Lipinski definition) is 3. The van der Waals surface area contributed by atoms with Crippen molar-refractivity contribution < 1.29 is 14.6 Å². The summed E-state index contributed by atoms with van der Waals surface area (Å²) < 4.78 is 4.74. The highest BCUT2D eigenvalue weighted by Gasteiger charge is 2.35. The third kappa shape index (κ3) is 1.46. The number of carbonyl (C=O) groups is 1. The summed E-state index contributed by atoms with van der Waals surface area (Å²) >= 11 is 0. The highest BCUT2D eigenvalue weighted by Crippen LogP contribution is 2.40. The molecule has 1 saturated carbocycles. The molecule has 1 saturated heterocycles. The average Bonchev–Trinajstić information content (AvgIpc) is 2.58. The maximum atomic E-state index is 11.1. The number of esters is 1. The number of carbonyl (C=O) groups excluding carboxylic acids is 1. The quantitative estimate of drug-likeness (QED) is 0.534. The van der Waals surface area contributed by atoms with Crippen LogP contribution in [-0.4, -0.2) is 24.3 Å². The SMILES string of the molecule is CCC1CC(=C2COC2=O)C(CO)C1. The fraction of sp³-hybridized carbons (Fsp3) is 0.727. The first-order valence-corrected chi connectivity index (χ1v) is 5.26. The Kier molecular flexibility index (Phi) is 2.59. The van der Waals surface area contributed by atoms with Crippen LogP contribution in [0.15, 0.2) is 11.1 Å². The molecular weight excluding hydrogens is 180 g/mol. The molecule has 2 rings (SSSR count). The monoisotopic (exact) mass is 196 g/mol. The zero-order valence-corrected chi connectivity index (χ0v) is 8.45. The summed E-state index contributed by atoms with van der Waals surface area (Å²) in [5, 5.41) is 9.22. The van der Waals surface area contributed by atoms with Crippen molar-refractivity contribution in [2.24, 2.45) is 11.8 Å². The Hall–Kier alpha value is -0.830. The van der Waals surface area contributed by atoms with Crippen molar-refractivity contribution >= 4 is 5.97 Å². The van der Waals surface area contributed by atoms with Crippen LogP contribution in [0.2, 0.25) is 0 Å². The van der Waals surface area contributed by atoms with Gasteiger partial charge in [-0.15, -0.1) is 0 Å². The third-order valence-electron chi connectivity index (χ3n) is 3.40. The maximum absolute atomic E-state index is 11.1. The number of rotatable bonds is 2. The Morgan fingerprint density at radius 3 is 2.79 bits per heavy atom. The molecule has 0 aromatic carbocycles. The average molecular weight is 196 g/mol. The first-order valence-electron chi connectivity index (χ1n) is 5.26. The van der Waals surface area contributed by atoms with Crippen LogP contribution in [0, 0.1) is 11.8 Å². The van der Waals surface area contributed by atoms with Gasteiger partial charge in [-0.05, 0) is 18.8 Å². The van der Waals surface area contributed by atoms with E-state index < -0.39 is 0 Å². The van der Waals surface area contributed by atoms with E-state index in [-0.39, 0.29) is 18.5 Å². The van der Waals surface area contributed by atoms with E-state index in [1.165, 1.54) is 0 Å². The first kappa shape index (κ1) is 9.71. The fourth-order valence-corrected chi connectivity index (χ4v) is 2.40. The minimum atomic E-state index is -0.171. The molecule has 0 aromatic rings. The summed E-state index contributed by atoms with van der Waals surface area (Å²) in [5.41, 5.74) is 2.00. The van der Waals surface area contributed by atoms with E-state index in [2.05, 4.69) is 6.92 Å². The van der Waals surface area contributed by atoms with Gasteiger partial charge in [0.15, 0.2) is 0 Å². The van der Waals surface area contributed by atoms with Gasteiger partial charge in [-0.3, -0.25) is 0 Å². The van der Waals surface area contributed by atoms with Gasteiger partial charge in [0.05, 0.1) is 5.57 Å². The van der Waals surface area contributed by atoms with E-state index in [1.807, 2.05) is 0 Å². The van der Waals surface area contributed by atoms with Crippen molar-refractivity contribution in [1.82, 2.24) is 0 Å². The van der Waals surface area contributed by atoms with Crippen LogP contribution in [0.25, 0.3) is 0 Å². The minimum Gasteiger partial charge on any atom is -0.457 e. The zero-order chi connectivity index (χ0) is 10.1. The molecule has 2 fully saturated rings.